The molecule has 10 rings (SSSR count). The van der Waals surface area contributed by atoms with E-state index in [1.165, 1.54) is 11.1 Å². The van der Waals surface area contributed by atoms with Gasteiger partial charge >= 0.3 is 20.1 Å². The molecule has 76 heavy (non-hydrogen) atoms. The molecular weight excluding hydrogens is 1350 g/mol. The third kappa shape index (κ3) is 21.5. The van der Waals surface area contributed by atoms with Crippen LogP contribution in [0.5, 0.6) is 0 Å². The van der Waals surface area contributed by atoms with Crippen LogP contribution in [-0.2, 0) is 53.1 Å². The zero-order valence-corrected chi connectivity index (χ0v) is 43.9. The van der Waals surface area contributed by atoms with E-state index in [4.69, 9.17) is 23.7 Å². The van der Waals surface area contributed by atoms with E-state index in [1.54, 1.807) is 97.6 Å². The number of hydrogen-bond donors (Lipinski definition) is 0. The maximum absolute atomic E-state index is 13.2. The van der Waals surface area contributed by atoms with Crippen molar-refractivity contribution in [2.75, 3.05) is 0 Å². The molecule has 4 aromatic carbocycles. The molecule has 0 aliphatic rings. The Balaban J connectivity index is 0.000000317. The summed E-state index contributed by atoms with van der Waals surface area (Å²) in [5.74, 6) is -5.14. The summed E-state index contributed by atoms with van der Waals surface area (Å²) in [7, 11) is 0. The summed E-state index contributed by atoms with van der Waals surface area (Å²) in [6.45, 7) is 9.50. The third-order valence-electron chi connectivity index (χ3n) is 9.32. The minimum absolute atomic E-state index is 0. The van der Waals surface area contributed by atoms with Gasteiger partial charge in [-0.1, -0.05) is 95.1 Å². The SMILES string of the molecule is Fc1c[c-]c(-c2ccccn2)c(F)c1.Fc1c[c-]c(-c2ccccn2)c(F)c1.Fc1c[c-]c(-c2ccccn2)c(F)c1.Fc1c[c-]c(-c2ccccn2)c(F)c1.[C-]#N.[C-]#N.[Ir+3].[Ir].c1cc(CCc2ccncc2)ccn1. The van der Waals surface area contributed by atoms with Crippen LogP contribution in [0.3, 0.4) is 0 Å². The first kappa shape index (κ1) is 63.6. The van der Waals surface area contributed by atoms with Gasteiger partial charge < -0.3 is 43.6 Å². The van der Waals surface area contributed by atoms with Gasteiger partial charge in [0.05, 0.1) is 0 Å². The fourth-order valence-corrected chi connectivity index (χ4v) is 6.00. The first-order valence-corrected chi connectivity index (χ1v) is 21.4. The molecule has 6 heterocycles. The topological polar surface area (TPSA) is 125 Å². The van der Waals surface area contributed by atoms with Crippen molar-refractivity contribution in [3.05, 3.63) is 290 Å². The van der Waals surface area contributed by atoms with Crippen LogP contribution in [0.4, 0.5) is 35.1 Å². The second-order valence-electron chi connectivity index (χ2n) is 14.2. The molecule has 10 aromatic rings. The fourth-order valence-electron chi connectivity index (χ4n) is 6.00. The standard InChI is InChI=1S/C12H12N2.4C11H6F2N.2CN.2Ir/c1(11-3-7-13-8-4-11)2-12-5-9-14-10-6-12;4*12-8-4-5-9(10(13)7-8)11-3-1-2-6-14-11;2*1-2;;/h3-10H,1-2H2;4*1-4,6-7H;;;;/q;6*-1;;+3. The van der Waals surface area contributed by atoms with Crippen molar-refractivity contribution in [3.63, 3.8) is 0 Å². The second-order valence-corrected chi connectivity index (χ2v) is 14.2. The Morgan fingerprint density at radius 3 is 0.750 bits per heavy atom. The minimum Gasteiger partial charge on any atom is -0.512 e. The number of rotatable bonds is 7. The Morgan fingerprint density at radius 1 is 0.342 bits per heavy atom. The van der Waals surface area contributed by atoms with Crippen molar-refractivity contribution in [3.8, 4) is 45.0 Å². The molecule has 0 fully saturated rings. The van der Waals surface area contributed by atoms with Gasteiger partial charge in [-0.15, -0.1) is 48.5 Å². The zero-order valence-electron chi connectivity index (χ0n) is 39.2. The molecule has 1 radical (unpaired) electrons. The molecule has 0 aliphatic heterocycles. The molecule has 18 heteroatoms. The largest absolute Gasteiger partial charge is 3.00 e. The van der Waals surface area contributed by atoms with Gasteiger partial charge in [-0.25, -0.2) is 0 Å². The monoisotopic (exact) mass is 1380 g/mol. The number of benzene rings is 4. The average molecular weight is 1380 g/mol. The molecule has 0 aliphatic carbocycles. The van der Waals surface area contributed by atoms with Crippen LogP contribution in [0.15, 0.2) is 195 Å². The van der Waals surface area contributed by atoms with Crippen molar-refractivity contribution in [1.82, 2.24) is 29.9 Å². The molecule has 0 N–H and O–H groups in total. The molecule has 0 bridgehead atoms. The molecule has 8 nitrogen and oxygen atoms in total. The molecule has 0 saturated heterocycles. The van der Waals surface area contributed by atoms with Crippen LogP contribution in [0.25, 0.3) is 45.0 Å². The number of pyridine rings is 6. The maximum Gasteiger partial charge on any atom is 3.00 e. The van der Waals surface area contributed by atoms with Gasteiger partial charge in [0.1, 0.15) is 0 Å². The zero-order chi connectivity index (χ0) is 53.5. The molecule has 0 amide bonds. The van der Waals surface area contributed by atoms with Crippen LogP contribution in [0, 0.1) is 94.5 Å². The molecule has 6 aromatic heterocycles. The Kier molecular flexibility index (Phi) is 29.8. The summed E-state index contributed by atoms with van der Waals surface area (Å²) in [6.07, 6.45) is 15.7. The van der Waals surface area contributed by atoms with Crippen LogP contribution >= 0.6 is 0 Å². The fraction of sp³-hybridized carbons (Fsp3) is 0.0345. The van der Waals surface area contributed by atoms with Crippen molar-refractivity contribution in [1.29, 1.82) is 10.5 Å². The normalized spacial score (nSPS) is 9.37. The predicted octanol–water partition coefficient (Wildman–Crippen LogP) is 13.8. The van der Waals surface area contributed by atoms with Crippen LogP contribution < -0.4 is 0 Å². The maximum atomic E-state index is 13.2. The predicted molar refractivity (Wildman–Crippen MR) is 260 cm³/mol. The Hall–Kier alpha value is -8.50. The van der Waals surface area contributed by atoms with E-state index in [2.05, 4.69) is 78.4 Å². The summed E-state index contributed by atoms with van der Waals surface area (Å²) in [4.78, 5) is 23.8. The Labute approximate surface area is 461 Å². The van der Waals surface area contributed by atoms with E-state index >= 15 is 0 Å². The number of hydrogen-bond acceptors (Lipinski definition) is 8. The minimum atomic E-state index is -0.649. The van der Waals surface area contributed by atoms with E-state index in [1.807, 2.05) is 24.8 Å². The van der Waals surface area contributed by atoms with Gasteiger partial charge in [0.15, 0.2) is 0 Å². The van der Waals surface area contributed by atoms with Gasteiger partial charge in [-0.2, -0.15) is 0 Å². The van der Waals surface area contributed by atoms with Gasteiger partial charge in [0.2, 0.25) is 0 Å². The first-order valence-electron chi connectivity index (χ1n) is 21.4. The van der Waals surface area contributed by atoms with Crippen LogP contribution in [0.1, 0.15) is 11.1 Å². The summed E-state index contributed by atoms with van der Waals surface area (Å²) >= 11 is 0. The smallest absolute Gasteiger partial charge is 0.512 e. The van der Waals surface area contributed by atoms with E-state index in [0.717, 1.165) is 61.4 Å². The van der Waals surface area contributed by atoms with Gasteiger partial charge in [0.25, 0.3) is 0 Å². The number of aromatic nitrogens is 6. The molecule has 0 saturated carbocycles. The number of halogens is 8. The summed E-state index contributed by atoms with van der Waals surface area (Å²) < 4.78 is 103. The van der Waals surface area contributed by atoms with Crippen molar-refractivity contribution in [2.24, 2.45) is 0 Å². The van der Waals surface area contributed by atoms with Gasteiger partial charge in [-0.05, 0) is 95.3 Å². The van der Waals surface area contributed by atoms with Crippen molar-refractivity contribution >= 4 is 0 Å². The number of nitrogens with zero attached hydrogens (tertiary/aromatic N) is 8. The molecule has 0 atom stereocenters. The summed E-state index contributed by atoms with van der Waals surface area (Å²) in [6, 6.07) is 46.3. The van der Waals surface area contributed by atoms with E-state index in [0.29, 0.717) is 22.8 Å². The van der Waals surface area contributed by atoms with Gasteiger partial charge in [0, 0.05) is 116 Å². The molecular formula is C58H36F8Ir2N8-3. The van der Waals surface area contributed by atoms with E-state index in [-0.39, 0.29) is 62.5 Å². The van der Waals surface area contributed by atoms with Crippen LogP contribution in [0.2, 0.25) is 0 Å². The van der Waals surface area contributed by atoms with Crippen molar-refractivity contribution < 1.29 is 75.3 Å². The third-order valence-corrected chi connectivity index (χ3v) is 9.32. The molecule has 0 spiro atoms. The number of aryl methyl sites for hydroxylation is 2. The molecule has 385 valence electrons. The van der Waals surface area contributed by atoms with Crippen LogP contribution in [-0.4, -0.2) is 29.9 Å². The van der Waals surface area contributed by atoms with Gasteiger partial charge in [-0.3, -0.25) is 45.1 Å². The van der Waals surface area contributed by atoms with E-state index in [9.17, 15) is 35.1 Å². The molecule has 0 unspecified atom stereocenters. The average Bonchev–Trinajstić information content (AvgIpc) is 3.44. The van der Waals surface area contributed by atoms with Crippen molar-refractivity contribution in [2.45, 2.75) is 12.8 Å². The summed E-state index contributed by atoms with van der Waals surface area (Å²) in [5, 5.41) is 12.5. The summed E-state index contributed by atoms with van der Waals surface area (Å²) in [5.41, 5.74) is 5.21. The Morgan fingerprint density at radius 2 is 0.566 bits per heavy atom. The van der Waals surface area contributed by atoms with E-state index < -0.39 is 46.5 Å². The quantitative estimate of drug-likeness (QED) is 0.114. The first-order chi connectivity index (χ1) is 36.0. The Bertz CT molecular complexity index is 2850. The second kappa shape index (κ2) is 35.6.